The third-order valence-electron chi connectivity index (χ3n) is 7.87. The van der Waals surface area contributed by atoms with Gasteiger partial charge in [-0.05, 0) is 34.9 Å². The number of benzene rings is 2. The Kier molecular flexibility index (Phi) is 7.95. The van der Waals surface area contributed by atoms with E-state index in [-0.39, 0.29) is 25.3 Å². The molecule has 10 heteroatoms. The molecule has 0 spiro atoms. The average molecular weight is 559 g/mol. The van der Waals surface area contributed by atoms with Crippen LogP contribution in [0.3, 0.4) is 0 Å². The van der Waals surface area contributed by atoms with Gasteiger partial charge in [-0.15, -0.1) is 5.10 Å². The van der Waals surface area contributed by atoms with E-state index in [1.165, 1.54) is 4.90 Å². The van der Waals surface area contributed by atoms with Crippen molar-refractivity contribution in [3.8, 4) is 11.1 Å². The maximum Gasteiger partial charge on any atom is 0.248 e. The number of β-amino-alcohol motifs (C(OH)–C–C–N with tert-alkyl or cyclic N) is 1. The van der Waals surface area contributed by atoms with Crippen molar-refractivity contribution < 1.29 is 19.5 Å². The first-order valence-corrected chi connectivity index (χ1v) is 14.2. The first-order valence-electron chi connectivity index (χ1n) is 14.2. The number of nitrogens with one attached hydrogen (secondary N) is 1. The summed E-state index contributed by atoms with van der Waals surface area (Å²) >= 11 is 0. The number of nitrogens with zero attached hydrogens (tertiary/aromatic N) is 4. The van der Waals surface area contributed by atoms with Crippen LogP contribution < -0.4 is 11.1 Å². The first-order chi connectivity index (χ1) is 19.5. The van der Waals surface area contributed by atoms with E-state index in [2.05, 4.69) is 15.6 Å². The first kappa shape index (κ1) is 28.5. The number of aromatic nitrogens is 3. The van der Waals surface area contributed by atoms with Crippen molar-refractivity contribution in [1.82, 2.24) is 25.2 Å². The van der Waals surface area contributed by atoms with Crippen molar-refractivity contribution in [3.05, 3.63) is 72.1 Å². The van der Waals surface area contributed by atoms with Gasteiger partial charge in [0, 0.05) is 31.5 Å². The average Bonchev–Trinajstić information content (AvgIpc) is 3.54. The number of nitrogens with two attached hydrogens (primary N) is 1. The van der Waals surface area contributed by atoms with E-state index in [1.807, 2.05) is 81.6 Å². The van der Waals surface area contributed by atoms with Crippen LogP contribution in [-0.4, -0.2) is 67.5 Å². The number of hydrogen-bond donors (Lipinski definition) is 3. The van der Waals surface area contributed by atoms with Crippen LogP contribution in [0.15, 0.2) is 60.8 Å². The van der Waals surface area contributed by atoms with Gasteiger partial charge in [-0.2, -0.15) is 0 Å². The van der Waals surface area contributed by atoms with Gasteiger partial charge in [-0.3, -0.25) is 14.4 Å². The highest BCUT2D eigenvalue weighted by Crippen LogP contribution is 2.40. The lowest BCUT2D eigenvalue weighted by molar-refractivity contribution is -0.144. The van der Waals surface area contributed by atoms with Crippen LogP contribution in [-0.2, 0) is 20.8 Å². The maximum absolute atomic E-state index is 14.0. The van der Waals surface area contributed by atoms with Crippen LogP contribution in [0.5, 0.6) is 0 Å². The minimum Gasteiger partial charge on any atom is -0.391 e. The molecule has 0 bridgehead atoms. The molecule has 4 N–H and O–H groups in total. The number of likely N-dealkylation sites (tertiary alicyclic amines) is 1. The summed E-state index contributed by atoms with van der Waals surface area (Å²) in [5.41, 5.74) is 8.95. The van der Waals surface area contributed by atoms with Crippen molar-refractivity contribution in [2.45, 2.75) is 76.6 Å². The fraction of sp³-hybridized carbons (Fsp3) is 0.452. The van der Waals surface area contributed by atoms with Gasteiger partial charge >= 0.3 is 0 Å². The standard InChI is InChI=1S/C31H38N6O4/c1-31(2,3)27(37-18-25(34-35-37)22-13-14-22)30(41)36-17-23(38)16-26(36)29(40)33-24(28(32)39)15-19-9-11-21(12-10-19)20-7-5-4-6-8-20/h4-12,18,22-24,26-27,38H,13-17H2,1-3H3,(H2,32,39)(H,33,40)/t23-,24?,26+,27?/m1/s1. The minimum atomic E-state index is -0.977. The molecule has 2 aliphatic rings. The molecule has 216 valence electrons. The van der Waals surface area contributed by atoms with Crippen molar-refractivity contribution >= 4 is 17.7 Å². The van der Waals surface area contributed by atoms with E-state index in [9.17, 15) is 19.5 Å². The van der Waals surface area contributed by atoms with Gasteiger partial charge in [-0.1, -0.05) is 80.6 Å². The third kappa shape index (κ3) is 6.48. The molecule has 3 amide bonds. The molecule has 1 saturated heterocycles. The van der Waals surface area contributed by atoms with Crippen LogP contribution in [0.1, 0.15) is 63.3 Å². The van der Waals surface area contributed by atoms with Crippen LogP contribution in [0.2, 0.25) is 0 Å². The molecule has 1 aliphatic carbocycles. The fourth-order valence-electron chi connectivity index (χ4n) is 5.52. The quantitative estimate of drug-likeness (QED) is 0.368. The monoisotopic (exact) mass is 558 g/mol. The zero-order valence-corrected chi connectivity index (χ0v) is 23.7. The Bertz CT molecular complexity index is 1390. The van der Waals surface area contributed by atoms with Crippen molar-refractivity contribution in [2.75, 3.05) is 6.54 Å². The lowest BCUT2D eigenvalue weighted by Gasteiger charge is -2.34. The van der Waals surface area contributed by atoms with Crippen LogP contribution in [0, 0.1) is 5.41 Å². The Balaban J connectivity index is 1.30. The zero-order valence-electron chi connectivity index (χ0n) is 23.7. The van der Waals surface area contributed by atoms with Crippen molar-refractivity contribution in [1.29, 1.82) is 0 Å². The van der Waals surface area contributed by atoms with E-state index in [0.29, 0.717) is 5.92 Å². The van der Waals surface area contributed by atoms with E-state index in [1.54, 1.807) is 4.68 Å². The number of primary amides is 1. The minimum absolute atomic E-state index is 0.00979. The summed E-state index contributed by atoms with van der Waals surface area (Å²) in [6, 6.07) is 15.0. The van der Waals surface area contributed by atoms with E-state index in [4.69, 9.17) is 5.73 Å². The molecule has 2 aromatic carbocycles. The summed E-state index contributed by atoms with van der Waals surface area (Å²) in [5.74, 6) is -1.14. The maximum atomic E-state index is 14.0. The second kappa shape index (κ2) is 11.4. The van der Waals surface area contributed by atoms with Crippen molar-refractivity contribution in [2.24, 2.45) is 11.1 Å². The van der Waals surface area contributed by atoms with Gasteiger partial charge in [0.25, 0.3) is 0 Å². The SMILES string of the molecule is CC(C)(C)C(C(=O)N1C[C@H](O)C[C@H]1C(=O)NC(Cc1ccc(-c2ccccc2)cc1)C(N)=O)n1cc(C2CC2)nn1. The molecule has 4 atom stereocenters. The lowest BCUT2D eigenvalue weighted by atomic mass is 9.85. The molecule has 2 unspecified atom stereocenters. The Morgan fingerprint density at radius 3 is 2.32 bits per heavy atom. The smallest absolute Gasteiger partial charge is 0.248 e. The fourth-order valence-corrected chi connectivity index (χ4v) is 5.52. The summed E-state index contributed by atoms with van der Waals surface area (Å²) < 4.78 is 1.58. The highest BCUT2D eigenvalue weighted by molar-refractivity contribution is 5.93. The predicted octanol–water partition coefficient (Wildman–Crippen LogP) is 2.58. The molecule has 1 aromatic heterocycles. The zero-order chi connectivity index (χ0) is 29.3. The Labute approximate surface area is 239 Å². The number of carbonyl (C=O) groups is 3. The lowest BCUT2D eigenvalue weighted by Crippen LogP contribution is -2.54. The number of carbonyl (C=O) groups excluding carboxylic acids is 3. The topological polar surface area (TPSA) is 143 Å². The molecule has 1 saturated carbocycles. The Morgan fingerprint density at radius 2 is 1.71 bits per heavy atom. The molecular weight excluding hydrogens is 520 g/mol. The van der Waals surface area contributed by atoms with Gasteiger partial charge < -0.3 is 21.1 Å². The molecule has 2 fully saturated rings. The largest absolute Gasteiger partial charge is 0.391 e. The summed E-state index contributed by atoms with van der Waals surface area (Å²) in [4.78, 5) is 41.2. The van der Waals surface area contributed by atoms with Crippen LogP contribution in [0.4, 0.5) is 0 Å². The molecule has 0 radical (unpaired) electrons. The molecular formula is C31H38N6O4. The molecule has 2 heterocycles. The molecule has 41 heavy (non-hydrogen) atoms. The number of aliphatic hydroxyl groups excluding tert-OH is 1. The molecule has 1 aliphatic heterocycles. The van der Waals surface area contributed by atoms with Crippen LogP contribution >= 0.6 is 0 Å². The molecule has 5 rings (SSSR count). The highest BCUT2D eigenvalue weighted by Gasteiger charge is 2.46. The number of rotatable bonds is 9. The second-order valence-electron chi connectivity index (χ2n) is 12.3. The summed E-state index contributed by atoms with van der Waals surface area (Å²) in [5, 5.41) is 21.8. The van der Waals surface area contributed by atoms with Gasteiger partial charge in [-0.25, -0.2) is 4.68 Å². The van der Waals surface area contributed by atoms with Crippen LogP contribution in [0.25, 0.3) is 11.1 Å². The summed E-state index contributed by atoms with van der Waals surface area (Å²) in [6.45, 7) is 5.81. The van der Waals surface area contributed by atoms with Gasteiger partial charge in [0.15, 0.2) is 0 Å². The molecule has 3 aromatic rings. The van der Waals surface area contributed by atoms with Gasteiger partial charge in [0.05, 0.1) is 11.8 Å². The van der Waals surface area contributed by atoms with E-state index in [0.717, 1.165) is 35.2 Å². The Morgan fingerprint density at radius 1 is 1.05 bits per heavy atom. The highest BCUT2D eigenvalue weighted by atomic mass is 16.3. The summed E-state index contributed by atoms with van der Waals surface area (Å²) in [7, 11) is 0. The Hall–Kier alpha value is -4.05. The molecule has 10 nitrogen and oxygen atoms in total. The van der Waals surface area contributed by atoms with Gasteiger partial charge in [0.1, 0.15) is 18.1 Å². The number of hydrogen-bond acceptors (Lipinski definition) is 6. The second-order valence-corrected chi connectivity index (χ2v) is 12.3. The van der Waals surface area contributed by atoms with Crippen molar-refractivity contribution in [3.63, 3.8) is 0 Å². The number of amides is 3. The predicted molar refractivity (Wildman–Crippen MR) is 153 cm³/mol. The van der Waals surface area contributed by atoms with Gasteiger partial charge in [0.2, 0.25) is 17.7 Å². The van der Waals surface area contributed by atoms with E-state index >= 15 is 0 Å². The summed E-state index contributed by atoms with van der Waals surface area (Å²) in [6.07, 6.45) is 3.34. The van der Waals surface area contributed by atoms with E-state index < -0.39 is 41.5 Å². The third-order valence-corrected chi connectivity index (χ3v) is 7.87. The number of aliphatic hydroxyl groups is 1. The normalized spacial score (nSPS) is 20.4.